The molecule has 0 bridgehead atoms. The van der Waals surface area contributed by atoms with Gasteiger partial charge in [0, 0.05) is 24.5 Å². The van der Waals surface area contributed by atoms with E-state index in [1.807, 2.05) is 0 Å². The first-order valence-corrected chi connectivity index (χ1v) is 11.8. The van der Waals surface area contributed by atoms with Gasteiger partial charge in [0.05, 0.1) is 24.7 Å². The Hall–Kier alpha value is -3.44. The Morgan fingerprint density at radius 1 is 1.03 bits per heavy atom. The molecule has 0 saturated carbocycles. The molecule has 2 aromatic carbocycles. The molecule has 1 saturated heterocycles. The van der Waals surface area contributed by atoms with Gasteiger partial charge in [0.15, 0.2) is 0 Å². The number of hydrogen-bond donors (Lipinski definition) is 2. The Morgan fingerprint density at radius 2 is 1.65 bits per heavy atom. The van der Waals surface area contributed by atoms with Gasteiger partial charge in [-0.25, -0.2) is 4.79 Å². The summed E-state index contributed by atoms with van der Waals surface area (Å²) in [6.45, 7) is 4.19. The minimum absolute atomic E-state index is 0.122. The number of benzene rings is 2. The summed E-state index contributed by atoms with van der Waals surface area (Å²) in [6.07, 6.45) is -4.12. The van der Waals surface area contributed by atoms with Crippen molar-refractivity contribution in [1.82, 2.24) is 4.90 Å². The van der Waals surface area contributed by atoms with Gasteiger partial charge in [-0.15, -0.1) is 0 Å². The van der Waals surface area contributed by atoms with Crippen LogP contribution in [-0.2, 0) is 20.7 Å². The number of alkyl halides is 3. The van der Waals surface area contributed by atoms with Gasteiger partial charge in [-0.3, -0.25) is 14.5 Å². The zero-order chi connectivity index (χ0) is 27.4. The second kappa shape index (κ2) is 11.3. The van der Waals surface area contributed by atoms with Gasteiger partial charge in [-0.05, 0) is 69.2 Å². The van der Waals surface area contributed by atoms with Gasteiger partial charge in [0.1, 0.15) is 5.60 Å². The highest BCUT2D eigenvalue weighted by Crippen LogP contribution is 2.22. The third kappa shape index (κ3) is 8.57. The Bertz CT molecular complexity index is 1110. The van der Waals surface area contributed by atoms with Crippen LogP contribution >= 0.6 is 0 Å². The lowest BCUT2D eigenvalue weighted by molar-refractivity contribution is -0.150. The summed E-state index contributed by atoms with van der Waals surface area (Å²) in [5, 5.41) is 2.71. The highest BCUT2D eigenvalue weighted by molar-refractivity contribution is 5.96. The van der Waals surface area contributed by atoms with Gasteiger partial charge in [-0.1, -0.05) is 12.1 Å². The van der Waals surface area contributed by atoms with E-state index in [9.17, 15) is 27.6 Å². The molecule has 1 aliphatic heterocycles. The predicted octanol–water partition coefficient (Wildman–Crippen LogP) is 3.36. The topological polar surface area (TPSA) is 105 Å². The van der Waals surface area contributed by atoms with Crippen molar-refractivity contribution < 1.29 is 32.3 Å². The van der Waals surface area contributed by atoms with Crippen molar-refractivity contribution in [2.45, 2.75) is 45.0 Å². The number of nitrogens with one attached hydrogen (secondary N) is 1. The predicted molar refractivity (Wildman–Crippen MR) is 133 cm³/mol. The maximum Gasteiger partial charge on any atom is 0.401 e. The smallest absolute Gasteiger partial charge is 0.401 e. The second-order valence-electron chi connectivity index (χ2n) is 9.92. The number of ether oxygens (including phenoxy) is 1. The van der Waals surface area contributed by atoms with Crippen molar-refractivity contribution in [3.8, 4) is 0 Å². The number of nitrogens with two attached hydrogens (primary N) is 1. The molecule has 0 aliphatic carbocycles. The van der Waals surface area contributed by atoms with E-state index in [1.165, 1.54) is 4.90 Å². The van der Waals surface area contributed by atoms with Crippen LogP contribution in [0.2, 0.25) is 0 Å². The van der Waals surface area contributed by atoms with Crippen molar-refractivity contribution in [1.29, 1.82) is 0 Å². The number of carbonyl (C=O) groups excluding carboxylic acids is 3. The van der Waals surface area contributed by atoms with Gasteiger partial charge in [0.2, 0.25) is 11.8 Å². The van der Waals surface area contributed by atoms with Crippen LogP contribution in [-0.4, -0.2) is 66.7 Å². The van der Waals surface area contributed by atoms with Crippen molar-refractivity contribution >= 4 is 29.2 Å². The molecule has 0 unspecified atom stereocenters. The lowest BCUT2D eigenvalue weighted by Crippen LogP contribution is -2.52. The van der Waals surface area contributed by atoms with Crippen LogP contribution in [0.15, 0.2) is 48.5 Å². The first-order valence-electron chi connectivity index (χ1n) is 11.8. The number of esters is 1. The molecule has 200 valence electrons. The standard InChI is InChI=1S/C26H31F3N4O4/c1-25(2,3)37-24(36)18-6-8-19(9-7-18)31-23(35)21(30)14-17-4-10-20(11-5-17)33-13-12-32(15-22(33)34)16-26(27,28)29/h4-11,21H,12-16,30H2,1-3H3,(H,31,35)/t21-/m0/s1. The van der Waals surface area contributed by atoms with Crippen molar-refractivity contribution in [2.75, 3.05) is 36.4 Å². The number of amides is 2. The average Bonchev–Trinajstić information content (AvgIpc) is 2.78. The largest absolute Gasteiger partial charge is 0.456 e. The first-order chi connectivity index (χ1) is 17.2. The molecule has 1 heterocycles. The quantitative estimate of drug-likeness (QED) is 0.543. The van der Waals surface area contributed by atoms with E-state index in [2.05, 4.69) is 5.32 Å². The second-order valence-corrected chi connectivity index (χ2v) is 9.92. The molecule has 2 aromatic rings. The Morgan fingerprint density at radius 3 is 2.19 bits per heavy atom. The molecule has 0 radical (unpaired) electrons. The van der Waals surface area contributed by atoms with Crippen LogP contribution in [0.1, 0.15) is 36.7 Å². The molecule has 8 nitrogen and oxygen atoms in total. The Balaban J connectivity index is 1.52. The summed E-state index contributed by atoms with van der Waals surface area (Å²) < 4.78 is 43.1. The molecule has 37 heavy (non-hydrogen) atoms. The van der Waals surface area contributed by atoms with E-state index < -0.39 is 42.1 Å². The number of piperazine rings is 1. The van der Waals surface area contributed by atoms with Gasteiger partial charge >= 0.3 is 12.1 Å². The van der Waals surface area contributed by atoms with E-state index in [0.717, 1.165) is 10.5 Å². The summed E-state index contributed by atoms with van der Waals surface area (Å²) in [6, 6.07) is 12.3. The van der Waals surface area contributed by atoms with Crippen molar-refractivity contribution in [3.63, 3.8) is 0 Å². The summed E-state index contributed by atoms with van der Waals surface area (Å²) in [5.74, 6) is -1.28. The lowest BCUT2D eigenvalue weighted by atomic mass is 10.0. The molecular weight excluding hydrogens is 489 g/mol. The maximum absolute atomic E-state index is 12.6. The molecule has 1 atom stereocenters. The highest BCUT2D eigenvalue weighted by atomic mass is 19.4. The van der Waals surface area contributed by atoms with Gasteiger partial charge < -0.3 is 20.7 Å². The molecule has 11 heteroatoms. The minimum Gasteiger partial charge on any atom is -0.456 e. The Labute approximate surface area is 213 Å². The number of carbonyl (C=O) groups is 3. The van der Waals surface area contributed by atoms with Crippen LogP contribution in [0, 0.1) is 0 Å². The van der Waals surface area contributed by atoms with Gasteiger partial charge in [0.25, 0.3) is 0 Å². The van der Waals surface area contributed by atoms with Gasteiger partial charge in [-0.2, -0.15) is 13.2 Å². The lowest BCUT2D eigenvalue weighted by Gasteiger charge is -2.34. The number of halogens is 3. The van der Waals surface area contributed by atoms with Crippen LogP contribution < -0.4 is 16.0 Å². The minimum atomic E-state index is -4.35. The maximum atomic E-state index is 12.6. The van der Waals surface area contributed by atoms with E-state index in [-0.39, 0.29) is 26.1 Å². The number of nitrogens with zero attached hydrogens (tertiary/aromatic N) is 2. The van der Waals surface area contributed by atoms with Crippen LogP contribution in [0.3, 0.4) is 0 Å². The normalized spacial score (nSPS) is 15.9. The van der Waals surface area contributed by atoms with E-state index >= 15 is 0 Å². The van der Waals surface area contributed by atoms with Crippen molar-refractivity contribution in [3.05, 3.63) is 59.7 Å². The van der Waals surface area contributed by atoms with E-state index in [4.69, 9.17) is 10.5 Å². The molecule has 3 rings (SSSR count). The van der Waals surface area contributed by atoms with Crippen LogP contribution in [0.4, 0.5) is 24.5 Å². The molecular formula is C26H31F3N4O4. The fraction of sp³-hybridized carbons (Fsp3) is 0.423. The zero-order valence-electron chi connectivity index (χ0n) is 21.0. The number of anilines is 2. The molecule has 3 N–H and O–H groups in total. The summed E-state index contributed by atoms with van der Waals surface area (Å²) >= 11 is 0. The third-order valence-corrected chi connectivity index (χ3v) is 5.53. The molecule has 1 aliphatic rings. The number of rotatable bonds is 7. The van der Waals surface area contributed by atoms with E-state index in [0.29, 0.717) is 16.9 Å². The van der Waals surface area contributed by atoms with Crippen molar-refractivity contribution in [2.24, 2.45) is 5.73 Å². The SMILES string of the molecule is CC(C)(C)OC(=O)c1ccc(NC(=O)[C@@H](N)Cc2ccc(N3CCN(CC(F)(F)F)CC3=O)cc2)cc1. The van der Waals surface area contributed by atoms with Crippen LogP contribution in [0.5, 0.6) is 0 Å². The van der Waals surface area contributed by atoms with E-state index in [1.54, 1.807) is 69.3 Å². The number of hydrogen-bond acceptors (Lipinski definition) is 6. The monoisotopic (exact) mass is 520 g/mol. The fourth-order valence-electron chi connectivity index (χ4n) is 3.80. The molecule has 1 fully saturated rings. The summed E-state index contributed by atoms with van der Waals surface area (Å²) in [7, 11) is 0. The average molecular weight is 521 g/mol. The molecule has 0 spiro atoms. The van der Waals surface area contributed by atoms with Crippen LogP contribution in [0.25, 0.3) is 0 Å². The molecule has 2 amide bonds. The zero-order valence-corrected chi connectivity index (χ0v) is 21.0. The Kier molecular flexibility index (Phi) is 8.60. The highest BCUT2D eigenvalue weighted by Gasteiger charge is 2.34. The fourth-order valence-corrected chi connectivity index (χ4v) is 3.80. The summed E-state index contributed by atoms with van der Waals surface area (Å²) in [5.41, 5.74) is 7.62. The third-order valence-electron chi connectivity index (χ3n) is 5.53. The summed E-state index contributed by atoms with van der Waals surface area (Å²) in [4.78, 5) is 39.5. The first kappa shape index (κ1) is 28.1. The molecule has 0 aromatic heterocycles.